The Morgan fingerprint density at radius 3 is 2.27 bits per heavy atom. The Hall–Kier alpha value is -0.440. The van der Waals surface area contributed by atoms with Gasteiger partial charge in [0.25, 0.3) is 0 Å². The number of hydrogen-bond donors (Lipinski definition) is 4. The summed E-state index contributed by atoms with van der Waals surface area (Å²) >= 11 is 1.11. The molecule has 0 saturated carbocycles. The molecule has 0 radical (unpaired) electrons. The van der Waals surface area contributed by atoms with Crippen molar-refractivity contribution in [3.63, 3.8) is 0 Å². The monoisotopic (exact) mass is 256 g/mol. The van der Waals surface area contributed by atoms with Gasteiger partial charge in [-0.05, 0) is 6.92 Å². The zero-order chi connectivity index (χ0) is 11.4. The molecule has 0 heterocycles. The van der Waals surface area contributed by atoms with Gasteiger partial charge in [-0.15, -0.1) is 0 Å². The second-order valence-electron chi connectivity index (χ2n) is 3.18. The van der Waals surface area contributed by atoms with Gasteiger partial charge in [-0.2, -0.15) is 25.3 Å². The van der Waals surface area contributed by atoms with Gasteiger partial charge in [0.15, 0.2) is 0 Å². The molecule has 0 rings (SSSR count). The van der Waals surface area contributed by atoms with Gasteiger partial charge >= 0.3 is 11.9 Å². The van der Waals surface area contributed by atoms with Gasteiger partial charge in [0.05, 0.1) is 0 Å². The van der Waals surface area contributed by atoms with Crippen molar-refractivity contribution in [1.29, 1.82) is 0 Å². The normalized spacial score (nSPS) is 15.9. The molecule has 0 aromatic carbocycles. The number of carboxylic acid groups (broad SMARTS) is 2. The summed E-state index contributed by atoms with van der Waals surface area (Å²) in [7, 11) is 0. The molecule has 0 aliphatic heterocycles. The van der Waals surface area contributed by atoms with Crippen LogP contribution in [0, 0.1) is 0 Å². The van der Waals surface area contributed by atoms with Crippen LogP contribution in [0.3, 0.4) is 0 Å². The fraction of sp³-hybridized carbons (Fsp3) is 0.714. The van der Waals surface area contributed by atoms with Crippen LogP contribution in [0.1, 0.15) is 6.92 Å². The SMILES string of the molecule is CC(N)(CSCC(N)C(=O)O)C(=O)O.S. The first-order valence-corrected chi connectivity index (χ1v) is 5.01. The molecular formula is C7H16N2O4S2. The first-order valence-electron chi connectivity index (χ1n) is 3.86. The molecule has 0 spiro atoms. The van der Waals surface area contributed by atoms with E-state index < -0.39 is 23.5 Å². The maximum atomic E-state index is 10.5. The summed E-state index contributed by atoms with van der Waals surface area (Å²) in [4.78, 5) is 20.8. The number of nitrogens with two attached hydrogens (primary N) is 2. The molecule has 0 aliphatic carbocycles. The van der Waals surface area contributed by atoms with Crippen LogP contribution >= 0.6 is 25.3 Å². The average molecular weight is 256 g/mol. The summed E-state index contributed by atoms with van der Waals surface area (Å²) in [6.07, 6.45) is 0. The van der Waals surface area contributed by atoms with Gasteiger partial charge in [-0.1, -0.05) is 0 Å². The van der Waals surface area contributed by atoms with Gasteiger partial charge in [-0.3, -0.25) is 9.59 Å². The molecule has 0 saturated heterocycles. The van der Waals surface area contributed by atoms with Crippen molar-refractivity contribution in [2.24, 2.45) is 11.5 Å². The fourth-order valence-corrected chi connectivity index (χ4v) is 1.59. The molecule has 0 aliphatic rings. The summed E-state index contributed by atoms with van der Waals surface area (Å²) in [6, 6.07) is -0.982. The Morgan fingerprint density at radius 2 is 1.93 bits per heavy atom. The lowest BCUT2D eigenvalue weighted by Crippen LogP contribution is -2.47. The molecule has 6 nitrogen and oxygen atoms in total. The highest BCUT2D eigenvalue weighted by atomic mass is 32.2. The molecule has 2 atom stereocenters. The van der Waals surface area contributed by atoms with Crippen molar-refractivity contribution in [1.82, 2.24) is 0 Å². The highest BCUT2D eigenvalue weighted by molar-refractivity contribution is 7.99. The Balaban J connectivity index is 0. The Labute approximate surface area is 98.8 Å². The van der Waals surface area contributed by atoms with E-state index in [0.29, 0.717) is 0 Å². The Morgan fingerprint density at radius 1 is 1.47 bits per heavy atom. The van der Waals surface area contributed by atoms with Crippen LogP contribution in [0.5, 0.6) is 0 Å². The van der Waals surface area contributed by atoms with Gasteiger partial charge in [0.1, 0.15) is 11.6 Å². The van der Waals surface area contributed by atoms with E-state index in [1.165, 1.54) is 6.92 Å². The van der Waals surface area contributed by atoms with Crippen LogP contribution in [-0.2, 0) is 9.59 Å². The topological polar surface area (TPSA) is 127 Å². The van der Waals surface area contributed by atoms with Gasteiger partial charge < -0.3 is 21.7 Å². The van der Waals surface area contributed by atoms with Crippen LogP contribution in [0.4, 0.5) is 0 Å². The summed E-state index contributed by atoms with van der Waals surface area (Å²) in [6.45, 7) is 1.37. The Bertz CT molecular complexity index is 235. The molecule has 8 heteroatoms. The van der Waals surface area contributed by atoms with E-state index in [1.807, 2.05) is 0 Å². The predicted octanol–water partition coefficient (Wildman–Crippen LogP) is -0.954. The van der Waals surface area contributed by atoms with E-state index in [2.05, 4.69) is 0 Å². The van der Waals surface area contributed by atoms with Crippen molar-refractivity contribution >= 4 is 37.2 Å². The van der Waals surface area contributed by atoms with Crippen molar-refractivity contribution in [3.05, 3.63) is 0 Å². The minimum atomic E-state index is -1.34. The molecule has 6 N–H and O–H groups in total. The molecule has 0 aromatic heterocycles. The minimum Gasteiger partial charge on any atom is -0.480 e. The maximum absolute atomic E-state index is 10.5. The number of rotatable bonds is 6. The van der Waals surface area contributed by atoms with E-state index in [9.17, 15) is 9.59 Å². The molecule has 0 amide bonds. The van der Waals surface area contributed by atoms with Crippen molar-refractivity contribution < 1.29 is 19.8 Å². The summed E-state index contributed by atoms with van der Waals surface area (Å²) in [5.41, 5.74) is 9.28. The number of hydrogen-bond acceptors (Lipinski definition) is 5. The molecule has 2 unspecified atom stereocenters. The lowest BCUT2D eigenvalue weighted by Gasteiger charge is -2.18. The van der Waals surface area contributed by atoms with Crippen molar-refractivity contribution in [2.45, 2.75) is 18.5 Å². The van der Waals surface area contributed by atoms with E-state index in [1.54, 1.807) is 0 Å². The number of thioether (sulfide) groups is 1. The first-order chi connectivity index (χ1) is 6.27. The van der Waals surface area contributed by atoms with E-state index in [0.717, 1.165) is 11.8 Å². The van der Waals surface area contributed by atoms with Crippen LogP contribution in [0.15, 0.2) is 0 Å². The number of aliphatic carboxylic acids is 2. The molecule has 15 heavy (non-hydrogen) atoms. The first kappa shape index (κ1) is 17.0. The molecule has 90 valence electrons. The molecule has 0 fully saturated rings. The van der Waals surface area contributed by atoms with E-state index in [4.69, 9.17) is 21.7 Å². The zero-order valence-electron chi connectivity index (χ0n) is 8.27. The summed E-state index contributed by atoms with van der Waals surface area (Å²) < 4.78 is 0. The molecular weight excluding hydrogens is 240 g/mol. The highest BCUT2D eigenvalue weighted by Crippen LogP contribution is 2.11. The lowest BCUT2D eigenvalue weighted by atomic mass is 10.1. The molecule has 0 aromatic rings. The predicted molar refractivity (Wildman–Crippen MR) is 63.5 cm³/mol. The fourth-order valence-electron chi connectivity index (χ4n) is 0.531. The van der Waals surface area contributed by atoms with Crippen molar-refractivity contribution in [2.75, 3.05) is 11.5 Å². The van der Waals surface area contributed by atoms with Crippen LogP contribution in [0.2, 0.25) is 0 Å². The summed E-state index contributed by atoms with van der Waals surface area (Å²) in [5.74, 6) is -1.95. The second-order valence-corrected chi connectivity index (χ2v) is 4.21. The Kier molecular flexibility index (Phi) is 7.85. The second kappa shape index (κ2) is 6.94. The van der Waals surface area contributed by atoms with E-state index >= 15 is 0 Å². The van der Waals surface area contributed by atoms with Crippen LogP contribution in [-0.4, -0.2) is 45.2 Å². The van der Waals surface area contributed by atoms with Gasteiger partial charge in [0, 0.05) is 11.5 Å². The van der Waals surface area contributed by atoms with Crippen molar-refractivity contribution in [3.8, 4) is 0 Å². The molecule has 0 bridgehead atoms. The number of carboxylic acids is 2. The summed E-state index contributed by atoms with van der Waals surface area (Å²) in [5, 5.41) is 17.1. The third-order valence-corrected chi connectivity index (χ3v) is 2.90. The maximum Gasteiger partial charge on any atom is 0.324 e. The lowest BCUT2D eigenvalue weighted by molar-refractivity contribution is -0.141. The van der Waals surface area contributed by atoms with Gasteiger partial charge in [-0.25, -0.2) is 0 Å². The van der Waals surface area contributed by atoms with Crippen LogP contribution in [0.25, 0.3) is 0 Å². The standard InChI is InChI=1S/C7H14N2O4S.H2S/c1-7(9,6(12)13)3-14-2-4(8)5(10)11;/h4H,2-3,8-9H2,1H3,(H,10,11)(H,12,13);1H2. The quantitative estimate of drug-likeness (QED) is 0.482. The van der Waals surface area contributed by atoms with E-state index in [-0.39, 0.29) is 25.0 Å². The van der Waals surface area contributed by atoms with Gasteiger partial charge in [0.2, 0.25) is 0 Å². The third kappa shape index (κ3) is 6.61. The van der Waals surface area contributed by atoms with Crippen LogP contribution < -0.4 is 11.5 Å². The number of carbonyl (C=O) groups is 2. The highest BCUT2D eigenvalue weighted by Gasteiger charge is 2.28. The zero-order valence-corrected chi connectivity index (χ0v) is 10.1. The third-order valence-electron chi connectivity index (χ3n) is 1.51. The average Bonchev–Trinajstić information content (AvgIpc) is 2.03. The smallest absolute Gasteiger partial charge is 0.324 e. The minimum absolute atomic E-state index is 0. The largest absolute Gasteiger partial charge is 0.480 e.